The van der Waals surface area contributed by atoms with Gasteiger partial charge < -0.3 is 10.6 Å². The molecule has 0 bridgehead atoms. The van der Waals surface area contributed by atoms with E-state index in [2.05, 4.69) is 31.4 Å². The molecule has 2 N–H and O–H groups in total. The van der Waals surface area contributed by atoms with Gasteiger partial charge in [-0.25, -0.2) is 0 Å². The van der Waals surface area contributed by atoms with Crippen LogP contribution in [0.4, 0.5) is 11.4 Å². The van der Waals surface area contributed by atoms with Gasteiger partial charge in [-0.2, -0.15) is 0 Å². The van der Waals surface area contributed by atoms with Crippen LogP contribution in [0.1, 0.15) is 55.1 Å². The molecule has 1 unspecified atom stereocenters. The SMILES string of the molecule is CC1C(=O)Nc2ccc(NC(=O)c3ccc(C(C)(C)C)cc3)cc21. The van der Waals surface area contributed by atoms with Crippen molar-refractivity contribution in [1.82, 2.24) is 0 Å². The first kappa shape index (κ1) is 16.2. The number of rotatable bonds is 2. The number of amides is 2. The normalized spacial score (nSPS) is 16.5. The van der Waals surface area contributed by atoms with E-state index in [0.29, 0.717) is 11.3 Å². The van der Waals surface area contributed by atoms with E-state index >= 15 is 0 Å². The van der Waals surface area contributed by atoms with Crippen LogP contribution in [0.25, 0.3) is 0 Å². The monoisotopic (exact) mass is 322 g/mol. The van der Waals surface area contributed by atoms with E-state index in [1.165, 1.54) is 5.56 Å². The molecule has 0 radical (unpaired) electrons. The molecule has 1 aliphatic rings. The summed E-state index contributed by atoms with van der Waals surface area (Å²) in [6.07, 6.45) is 0. The van der Waals surface area contributed by atoms with Gasteiger partial charge in [-0.3, -0.25) is 9.59 Å². The van der Waals surface area contributed by atoms with Crippen LogP contribution in [0.3, 0.4) is 0 Å². The fraction of sp³-hybridized carbons (Fsp3) is 0.300. The van der Waals surface area contributed by atoms with Gasteiger partial charge in [-0.15, -0.1) is 0 Å². The molecule has 24 heavy (non-hydrogen) atoms. The number of benzene rings is 2. The van der Waals surface area contributed by atoms with Crippen molar-refractivity contribution in [3.05, 3.63) is 59.2 Å². The van der Waals surface area contributed by atoms with Gasteiger partial charge in [0.1, 0.15) is 0 Å². The highest BCUT2D eigenvalue weighted by Gasteiger charge is 2.26. The van der Waals surface area contributed by atoms with Gasteiger partial charge in [0, 0.05) is 16.9 Å². The molecule has 124 valence electrons. The maximum atomic E-state index is 12.4. The Kier molecular flexibility index (Phi) is 3.91. The highest BCUT2D eigenvalue weighted by Crippen LogP contribution is 2.34. The first-order valence-corrected chi connectivity index (χ1v) is 8.12. The van der Waals surface area contributed by atoms with Crippen molar-refractivity contribution < 1.29 is 9.59 Å². The number of carbonyl (C=O) groups excluding carboxylic acids is 2. The number of nitrogens with one attached hydrogen (secondary N) is 2. The average Bonchev–Trinajstić information content (AvgIpc) is 2.81. The smallest absolute Gasteiger partial charge is 0.255 e. The Hall–Kier alpha value is -2.62. The lowest BCUT2D eigenvalue weighted by Gasteiger charge is -2.19. The second-order valence-corrected chi connectivity index (χ2v) is 7.29. The summed E-state index contributed by atoms with van der Waals surface area (Å²) in [6.45, 7) is 8.29. The first-order chi connectivity index (χ1) is 11.3. The van der Waals surface area contributed by atoms with Crippen molar-refractivity contribution in [3.63, 3.8) is 0 Å². The Balaban J connectivity index is 1.77. The Morgan fingerprint density at radius 1 is 1.08 bits per heavy atom. The third-order valence-electron chi connectivity index (χ3n) is 4.44. The second-order valence-electron chi connectivity index (χ2n) is 7.29. The summed E-state index contributed by atoms with van der Waals surface area (Å²) < 4.78 is 0. The molecule has 0 aromatic heterocycles. The predicted molar refractivity (Wildman–Crippen MR) is 96.6 cm³/mol. The van der Waals surface area contributed by atoms with E-state index in [1.807, 2.05) is 43.3 Å². The van der Waals surface area contributed by atoms with E-state index in [-0.39, 0.29) is 23.1 Å². The van der Waals surface area contributed by atoms with E-state index in [9.17, 15) is 9.59 Å². The molecule has 4 heteroatoms. The van der Waals surface area contributed by atoms with E-state index in [0.717, 1.165) is 11.3 Å². The summed E-state index contributed by atoms with van der Waals surface area (Å²) in [6, 6.07) is 13.2. The van der Waals surface area contributed by atoms with Crippen molar-refractivity contribution in [1.29, 1.82) is 0 Å². The number of anilines is 2. The second kappa shape index (κ2) is 5.78. The van der Waals surface area contributed by atoms with Crippen LogP contribution >= 0.6 is 0 Å². The zero-order chi connectivity index (χ0) is 17.5. The predicted octanol–water partition coefficient (Wildman–Crippen LogP) is 4.29. The van der Waals surface area contributed by atoms with Gasteiger partial charge in [0.15, 0.2) is 0 Å². The summed E-state index contributed by atoms with van der Waals surface area (Å²) in [5, 5.41) is 5.73. The summed E-state index contributed by atoms with van der Waals surface area (Å²) in [4.78, 5) is 24.1. The van der Waals surface area contributed by atoms with Crippen molar-refractivity contribution in [3.8, 4) is 0 Å². The molecule has 1 aliphatic heterocycles. The fourth-order valence-electron chi connectivity index (χ4n) is 2.82. The number of hydrogen-bond donors (Lipinski definition) is 2. The van der Waals surface area contributed by atoms with Gasteiger partial charge >= 0.3 is 0 Å². The standard InChI is InChI=1S/C20H22N2O2/c1-12-16-11-15(9-10-17(16)22-18(12)23)21-19(24)13-5-7-14(8-6-13)20(2,3)4/h5-12H,1-4H3,(H,21,24)(H,22,23). The Morgan fingerprint density at radius 2 is 1.75 bits per heavy atom. The van der Waals surface area contributed by atoms with Crippen LogP contribution in [0, 0.1) is 0 Å². The lowest BCUT2D eigenvalue weighted by atomic mass is 9.87. The van der Waals surface area contributed by atoms with Crippen molar-refractivity contribution in [2.45, 2.75) is 39.0 Å². The molecular formula is C20H22N2O2. The lowest BCUT2D eigenvalue weighted by molar-refractivity contribution is -0.116. The van der Waals surface area contributed by atoms with Crippen LogP contribution in [-0.2, 0) is 10.2 Å². The van der Waals surface area contributed by atoms with Crippen molar-refractivity contribution >= 4 is 23.2 Å². The topological polar surface area (TPSA) is 58.2 Å². The molecule has 1 heterocycles. The summed E-state index contributed by atoms with van der Waals surface area (Å²) in [5.74, 6) is -0.352. The molecule has 0 aliphatic carbocycles. The van der Waals surface area contributed by atoms with E-state index < -0.39 is 0 Å². The Bertz CT molecular complexity index is 801. The third kappa shape index (κ3) is 3.04. The van der Waals surface area contributed by atoms with Crippen LogP contribution in [0.15, 0.2) is 42.5 Å². The Labute approximate surface area is 142 Å². The fourth-order valence-corrected chi connectivity index (χ4v) is 2.82. The zero-order valence-electron chi connectivity index (χ0n) is 14.4. The molecule has 4 nitrogen and oxygen atoms in total. The number of hydrogen-bond acceptors (Lipinski definition) is 2. The molecular weight excluding hydrogens is 300 g/mol. The highest BCUT2D eigenvalue weighted by atomic mass is 16.2. The molecule has 2 aromatic carbocycles. The number of fused-ring (bicyclic) bond motifs is 1. The summed E-state index contributed by atoms with van der Waals surface area (Å²) in [7, 11) is 0. The van der Waals surface area contributed by atoms with Gasteiger partial charge in [0.05, 0.1) is 5.92 Å². The zero-order valence-corrected chi connectivity index (χ0v) is 14.4. The maximum Gasteiger partial charge on any atom is 0.255 e. The van der Waals surface area contributed by atoms with Gasteiger partial charge in [0.2, 0.25) is 5.91 Å². The molecule has 0 spiro atoms. The summed E-state index contributed by atoms with van der Waals surface area (Å²) in [5.41, 5.74) is 4.30. The minimum atomic E-state index is -0.192. The average molecular weight is 322 g/mol. The molecule has 0 fully saturated rings. The number of carbonyl (C=O) groups is 2. The summed E-state index contributed by atoms with van der Waals surface area (Å²) >= 11 is 0. The third-order valence-corrected chi connectivity index (χ3v) is 4.44. The van der Waals surface area contributed by atoms with Crippen LogP contribution in [-0.4, -0.2) is 11.8 Å². The molecule has 1 atom stereocenters. The highest BCUT2D eigenvalue weighted by molar-refractivity contribution is 6.06. The molecule has 2 aromatic rings. The quantitative estimate of drug-likeness (QED) is 0.866. The van der Waals surface area contributed by atoms with Gasteiger partial charge in [-0.1, -0.05) is 32.9 Å². The van der Waals surface area contributed by atoms with Crippen LogP contribution in [0.2, 0.25) is 0 Å². The van der Waals surface area contributed by atoms with Gasteiger partial charge in [-0.05, 0) is 53.8 Å². The molecule has 2 amide bonds. The van der Waals surface area contributed by atoms with Crippen LogP contribution < -0.4 is 10.6 Å². The molecule has 0 saturated heterocycles. The maximum absolute atomic E-state index is 12.4. The van der Waals surface area contributed by atoms with Crippen LogP contribution in [0.5, 0.6) is 0 Å². The van der Waals surface area contributed by atoms with Gasteiger partial charge in [0.25, 0.3) is 5.91 Å². The van der Waals surface area contributed by atoms with E-state index in [4.69, 9.17) is 0 Å². The van der Waals surface area contributed by atoms with E-state index in [1.54, 1.807) is 6.07 Å². The lowest BCUT2D eigenvalue weighted by Crippen LogP contribution is -2.14. The Morgan fingerprint density at radius 3 is 2.38 bits per heavy atom. The minimum absolute atomic E-state index is 0.00811. The van der Waals surface area contributed by atoms with Crippen molar-refractivity contribution in [2.75, 3.05) is 10.6 Å². The largest absolute Gasteiger partial charge is 0.325 e. The molecule has 0 saturated carbocycles. The first-order valence-electron chi connectivity index (χ1n) is 8.12. The van der Waals surface area contributed by atoms with Crippen molar-refractivity contribution in [2.24, 2.45) is 0 Å². The minimum Gasteiger partial charge on any atom is -0.325 e. The molecule has 3 rings (SSSR count).